The quantitative estimate of drug-likeness (QED) is 0.566. The molecular formula is C11H18N2O5. The summed E-state index contributed by atoms with van der Waals surface area (Å²) in [4.78, 5) is 33.9. The lowest BCUT2D eigenvalue weighted by atomic mass is 9.97. The van der Waals surface area contributed by atoms with Crippen LogP contribution in [0.1, 0.15) is 32.1 Å². The van der Waals surface area contributed by atoms with Crippen LogP contribution in [0.4, 0.5) is 0 Å². The van der Waals surface area contributed by atoms with Gasteiger partial charge in [-0.3, -0.25) is 9.59 Å². The molecule has 0 radical (unpaired) electrons. The number of methoxy groups -OCH3 is 1. The molecule has 1 fully saturated rings. The minimum atomic E-state index is -1.16. The van der Waals surface area contributed by atoms with Gasteiger partial charge in [-0.25, -0.2) is 4.79 Å². The molecule has 1 atom stereocenters. The summed E-state index contributed by atoms with van der Waals surface area (Å²) in [5.74, 6) is -2.29. The van der Waals surface area contributed by atoms with E-state index in [0.717, 1.165) is 12.8 Å². The molecule has 1 aliphatic carbocycles. The summed E-state index contributed by atoms with van der Waals surface area (Å²) in [6.45, 7) is 0. The van der Waals surface area contributed by atoms with Gasteiger partial charge in [0.05, 0.1) is 19.6 Å². The van der Waals surface area contributed by atoms with Crippen LogP contribution in [-0.4, -0.2) is 41.6 Å². The maximum atomic E-state index is 11.8. The Balaban J connectivity index is 2.70. The van der Waals surface area contributed by atoms with E-state index in [1.807, 2.05) is 0 Å². The first kappa shape index (κ1) is 14.4. The monoisotopic (exact) mass is 258 g/mol. The number of carboxylic acids is 1. The predicted molar refractivity (Wildman–Crippen MR) is 61.6 cm³/mol. The molecule has 0 saturated heterocycles. The number of carbonyl (C=O) groups is 3. The van der Waals surface area contributed by atoms with E-state index >= 15 is 0 Å². The fourth-order valence-corrected chi connectivity index (χ4v) is 2.16. The largest absolute Gasteiger partial charge is 0.481 e. The molecule has 0 aromatic heterocycles. The average Bonchev–Trinajstić information content (AvgIpc) is 2.76. The molecule has 0 spiro atoms. The number of carboxylic acid groups (broad SMARTS) is 1. The summed E-state index contributed by atoms with van der Waals surface area (Å²) >= 11 is 0. The van der Waals surface area contributed by atoms with Crippen molar-refractivity contribution in [3.63, 3.8) is 0 Å². The highest BCUT2D eigenvalue weighted by Crippen LogP contribution is 2.30. The first-order valence-electron chi connectivity index (χ1n) is 5.79. The van der Waals surface area contributed by atoms with Crippen molar-refractivity contribution in [3.8, 4) is 0 Å². The lowest BCUT2D eigenvalue weighted by Gasteiger charge is -2.28. The fraction of sp³-hybridized carbons (Fsp3) is 0.727. The zero-order valence-electron chi connectivity index (χ0n) is 10.3. The van der Waals surface area contributed by atoms with Crippen LogP contribution >= 0.6 is 0 Å². The Morgan fingerprint density at radius 3 is 2.39 bits per heavy atom. The molecule has 0 unspecified atom stereocenters. The molecule has 0 aliphatic heterocycles. The van der Waals surface area contributed by atoms with Crippen LogP contribution in [0, 0.1) is 0 Å². The van der Waals surface area contributed by atoms with E-state index < -0.39 is 35.8 Å². The summed E-state index contributed by atoms with van der Waals surface area (Å²) < 4.78 is 4.69. The number of hydrogen-bond acceptors (Lipinski definition) is 5. The lowest BCUT2D eigenvalue weighted by molar-refractivity contribution is -0.151. The second kappa shape index (κ2) is 5.81. The highest BCUT2D eigenvalue weighted by atomic mass is 16.5. The van der Waals surface area contributed by atoms with Gasteiger partial charge in [-0.05, 0) is 12.8 Å². The molecule has 0 aromatic rings. The van der Waals surface area contributed by atoms with Crippen LogP contribution in [0.25, 0.3) is 0 Å². The summed E-state index contributed by atoms with van der Waals surface area (Å²) in [5.41, 5.74) is 4.41. The number of amides is 1. The van der Waals surface area contributed by atoms with E-state index in [1.54, 1.807) is 0 Å². The highest BCUT2D eigenvalue weighted by Gasteiger charge is 2.44. The van der Waals surface area contributed by atoms with Crippen LogP contribution in [0.2, 0.25) is 0 Å². The molecule has 7 nitrogen and oxygen atoms in total. The standard InChI is InChI=1S/C11H18N2O5/c1-18-10(17)11(4-2-3-5-11)13-9(16)7(12)6-8(14)15/h7H,2-6,12H2,1H3,(H,13,16)(H,14,15)/t7-/m0/s1. The average molecular weight is 258 g/mol. The van der Waals surface area contributed by atoms with Gasteiger partial charge < -0.3 is 20.9 Å². The van der Waals surface area contributed by atoms with Crippen molar-refractivity contribution < 1.29 is 24.2 Å². The van der Waals surface area contributed by atoms with Crippen molar-refractivity contribution in [3.05, 3.63) is 0 Å². The summed E-state index contributed by atoms with van der Waals surface area (Å²) in [6, 6.07) is -1.16. The zero-order chi connectivity index (χ0) is 13.8. The number of carbonyl (C=O) groups excluding carboxylic acids is 2. The Bertz CT molecular complexity index is 349. The SMILES string of the molecule is COC(=O)C1(NC(=O)[C@@H](N)CC(=O)O)CCCC1. The Morgan fingerprint density at radius 1 is 1.39 bits per heavy atom. The second-order valence-electron chi connectivity index (χ2n) is 4.47. The van der Waals surface area contributed by atoms with Gasteiger partial charge in [-0.15, -0.1) is 0 Å². The van der Waals surface area contributed by atoms with Gasteiger partial charge in [0.15, 0.2) is 0 Å². The molecule has 1 rings (SSSR count). The van der Waals surface area contributed by atoms with Crippen molar-refractivity contribution >= 4 is 17.8 Å². The number of esters is 1. The predicted octanol–water partition coefficient (Wildman–Crippen LogP) is -0.610. The van der Waals surface area contributed by atoms with Crippen LogP contribution in [0.15, 0.2) is 0 Å². The first-order chi connectivity index (χ1) is 8.41. The number of rotatable bonds is 5. The van der Waals surface area contributed by atoms with E-state index in [1.165, 1.54) is 7.11 Å². The molecule has 1 saturated carbocycles. The van der Waals surface area contributed by atoms with Crippen molar-refractivity contribution in [2.45, 2.75) is 43.7 Å². The Hall–Kier alpha value is -1.63. The van der Waals surface area contributed by atoms with Gasteiger partial charge in [0.25, 0.3) is 0 Å². The van der Waals surface area contributed by atoms with Crippen molar-refractivity contribution in [1.82, 2.24) is 5.32 Å². The normalized spacial score (nSPS) is 19.0. The maximum absolute atomic E-state index is 11.8. The van der Waals surface area contributed by atoms with E-state index in [0.29, 0.717) is 12.8 Å². The molecule has 7 heteroatoms. The van der Waals surface area contributed by atoms with Crippen LogP contribution in [-0.2, 0) is 19.1 Å². The Morgan fingerprint density at radius 2 is 1.94 bits per heavy atom. The highest BCUT2D eigenvalue weighted by molar-refractivity contribution is 5.92. The Kier molecular flexibility index (Phi) is 4.66. The number of nitrogens with two attached hydrogens (primary N) is 1. The van der Waals surface area contributed by atoms with Crippen LogP contribution in [0.3, 0.4) is 0 Å². The first-order valence-corrected chi connectivity index (χ1v) is 5.79. The van der Waals surface area contributed by atoms with Gasteiger partial charge in [-0.2, -0.15) is 0 Å². The maximum Gasteiger partial charge on any atom is 0.331 e. The fourth-order valence-electron chi connectivity index (χ4n) is 2.16. The van der Waals surface area contributed by atoms with Gasteiger partial charge in [0.1, 0.15) is 5.54 Å². The molecule has 0 bridgehead atoms. The minimum absolute atomic E-state index is 0.469. The molecule has 18 heavy (non-hydrogen) atoms. The molecule has 0 heterocycles. The summed E-state index contributed by atoms with van der Waals surface area (Å²) in [7, 11) is 1.26. The lowest BCUT2D eigenvalue weighted by Crippen LogP contribution is -2.57. The third kappa shape index (κ3) is 3.19. The Labute approximate surface area is 105 Å². The van der Waals surface area contributed by atoms with Crippen LogP contribution in [0.5, 0.6) is 0 Å². The van der Waals surface area contributed by atoms with Crippen LogP contribution < -0.4 is 11.1 Å². The van der Waals surface area contributed by atoms with Crippen molar-refractivity contribution in [2.24, 2.45) is 5.73 Å². The van der Waals surface area contributed by atoms with Gasteiger partial charge in [0.2, 0.25) is 5.91 Å². The van der Waals surface area contributed by atoms with E-state index in [9.17, 15) is 14.4 Å². The summed E-state index contributed by atoms with van der Waals surface area (Å²) in [5, 5.41) is 11.1. The number of ether oxygens (including phenoxy) is 1. The molecule has 0 aromatic carbocycles. The summed E-state index contributed by atoms with van der Waals surface area (Å²) in [6.07, 6.45) is 2.13. The number of hydrogen-bond donors (Lipinski definition) is 3. The third-order valence-electron chi connectivity index (χ3n) is 3.13. The zero-order valence-corrected chi connectivity index (χ0v) is 10.3. The molecular weight excluding hydrogens is 240 g/mol. The molecule has 4 N–H and O–H groups in total. The molecule has 1 amide bonds. The number of nitrogens with one attached hydrogen (secondary N) is 1. The third-order valence-corrected chi connectivity index (χ3v) is 3.13. The van der Waals surface area contributed by atoms with E-state index in [-0.39, 0.29) is 0 Å². The molecule has 102 valence electrons. The van der Waals surface area contributed by atoms with Gasteiger partial charge in [0, 0.05) is 0 Å². The smallest absolute Gasteiger partial charge is 0.331 e. The molecule has 1 aliphatic rings. The minimum Gasteiger partial charge on any atom is -0.481 e. The topological polar surface area (TPSA) is 119 Å². The van der Waals surface area contributed by atoms with E-state index in [4.69, 9.17) is 10.8 Å². The van der Waals surface area contributed by atoms with Crippen molar-refractivity contribution in [1.29, 1.82) is 0 Å². The van der Waals surface area contributed by atoms with Crippen molar-refractivity contribution in [2.75, 3.05) is 7.11 Å². The number of aliphatic carboxylic acids is 1. The second-order valence-corrected chi connectivity index (χ2v) is 4.47. The van der Waals surface area contributed by atoms with Gasteiger partial charge in [-0.1, -0.05) is 12.8 Å². The van der Waals surface area contributed by atoms with Gasteiger partial charge >= 0.3 is 11.9 Å². The van der Waals surface area contributed by atoms with E-state index in [2.05, 4.69) is 10.1 Å².